The summed E-state index contributed by atoms with van der Waals surface area (Å²) in [6.07, 6.45) is 2.82. The smallest absolute Gasteiger partial charge is 0.245 e. The Bertz CT molecular complexity index is 915. The van der Waals surface area contributed by atoms with E-state index in [1.54, 1.807) is 53.4 Å². The number of anilines is 1. The van der Waals surface area contributed by atoms with Crippen molar-refractivity contribution < 1.29 is 14.3 Å². The fourth-order valence-corrected chi connectivity index (χ4v) is 3.15. The summed E-state index contributed by atoms with van der Waals surface area (Å²) in [5.41, 5.74) is 1.11. The number of carbonyl (C=O) groups excluding carboxylic acids is 2. The number of carbonyl (C=O) groups is 2. The van der Waals surface area contributed by atoms with Gasteiger partial charge < -0.3 is 15.0 Å². The molecule has 2 amide bonds. The van der Waals surface area contributed by atoms with E-state index in [0.29, 0.717) is 35.8 Å². The van der Waals surface area contributed by atoms with Crippen LogP contribution >= 0.6 is 0 Å². The van der Waals surface area contributed by atoms with Crippen molar-refractivity contribution in [3.63, 3.8) is 0 Å². The van der Waals surface area contributed by atoms with E-state index in [4.69, 9.17) is 10.00 Å². The molecule has 1 heterocycles. The minimum Gasteiger partial charge on any atom is -0.456 e. The molecule has 0 aromatic heterocycles. The van der Waals surface area contributed by atoms with Gasteiger partial charge in [0.25, 0.3) is 0 Å². The van der Waals surface area contributed by atoms with Crippen molar-refractivity contribution in [3.8, 4) is 17.6 Å². The topological polar surface area (TPSA) is 82.4 Å². The average Bonchev–Trinajstić information content (AvgIpc) is 2.75. The molecule has 0 saturated carbocycles. The highest BCUT2D eigenvalue weighted by Gasteiger charge is 2.27. The number of benzene rings is 2. The van der Waals surface area contributed by atoms with E-state index in [1.807, 2.05) is 0 Å². The summed E-state index contributed by atoms with van der Waals surface area (Å²) in [5.74, 6) is 0.565. The lowest BCUT2D eigenvalue weighted by Crippen LogP contribution is -2.43. The zero-order valence-corrected chi connectivity index (χ0v) is 15.4. The van der Waals surface area contributed by atoms with Gasteiger partial charge in [-0.3, -0.25) is 9.59 Å². The predicted molar refractivity (Wildman–Crippen MR) is 106 cm³/mol. The summed E-state index contributed by atoms with van der Waals surface area (Å²) < 4.78 is 5.74. The van der Waals surface area contributed by atoms with Crippen molar-refractivity contribution in [2.45, 2.75) is 12.8 Å². The third-order valence-corrected chi connectivity index (χ3v) is 4.64. The van der Waals surface area contributed by atoms with Crippen LogP contribution in [0.2, 0.25) is 0 Å². The second-order valence-electron chi connectivity index (χ2n) is 6.55. The largest absolute Gasteiger partial charge is 0.456 e. The molecular formula is C22H21N3O3. The van der Waals surface area contributed by atoms with Gasteiger partial charge in [0.15, 0.2) is 0 Å². The molecule has 0 bridgehead atoms. The van der Waals surface area contributed by atoms with Crippen LogP contribution in [-0.4, -0.2) is 29.8 Å². The number of nitrogens with zero attached hydrogens (tertiary/aromatic N) is 2. The normalized spacial score (nSPS) is 16.0. The van der Waals surface area contributed by atoms with Crippen molar-refractivity contribution in [1.82, 2.24) is 4.90 Å². The number of hydrogen-bond acceptors (Lipinski definition) is 4. The molecule has 3 rings (SSSR count). The third-order valence-electron chi connectivity index (χ3n) is 4.64. The molecule has 0 spiro atoms. The lowest BCUT2D eigenvalue weighted by Gasteiger charge is -2.31. The molecular weight excluding hydrogens is 354 g/mol. The second kappa shape index (κ2) is 8.87. The molecule has 2 aromatic rings. The maximum absolute atomic E-state index is 12.5. The van der Waals surface area contributed by atoms with Gasteiger partial charge in [-0.2, -0.15) is 5.26 Å². The van der Waals surface area contributed by atoms with Gasteiger partial charge in [0.05, 0.1) is 11.5 Å². The maximum Gasteiger partial charge on any atom is 0.245 e. The number of likely N-dealkylation sites (tertiary alicyclic amines) is 1. The first kappa shape index (κ1) is 19.2. The number of piperidine rings is 1. The zero-order valence-electron chi connectivity index (χ0n) is 15.4. The van der Waals surface area contributed by atoms with E-state index in [9.17, 15) is 9.59 Å². The molecule has 142 valence electrons. The fraction of sp³-hybridized carbons (Fsp3) is 0.227. The first-order chi connectivity index (χ1) is 13.6. The molecule has 2 aromatic carbocycles. The van der Waals surface area contributed by atoms with E-state index in [-0.39, 0.29) is 17.7 Å². The van der Waals surface area contributed by atoms with Gasteiger partial charge in [-0.05, 0) is 55.3 Å². The summed E-state index contributed by atoms with van der Waals surface area (Å²) in [4.78, 5) is 26.0. The van der Waals surface area contributed by atoms with Crippen molar-refractivity contribution in [2.24, 2.45) is 5.92 Å². The number of hydrogen-bond donors (Lipinski definition) is 1. The molecule has 1 aliphatic rings. The summed E-state index contributed by atoms with van der Waals surface area (Å²) in [6.45, 7) is 4.56. The standard InChI is InChI=1S/C22H21N3O3/c1-2-21(26)25-13-5-7-17(15-25)22(27)24-18-9-11-19(12-10-18)28-20-8-4-3-6-16(20)14-23/h2-4,6,8-12,17H,1,5,7,13,15H2,(H,24,27). The Morgan fingerprint density at radius 1 is 1.21 bits per heavy atom. The Kier molecular flexibility index (Phi) is 6.07. The van der Waals surface area contributed by atoms with Crippen molar-refractivity contribution in [2.75, 3.05) is 18.4 Å². The molecule has 0 aliphatic carbocycles. The molecule has 1 fully saturated rings. The first-order valence-corrected chi connectivity index (χ1v) is 9.10. The molecule has 1 unspecified atom stereocenters. The van der Waals surface area contributed by atoms with Gasteiger partial charge in [-0.15, -0.1) is 0 Å². The molecule has 1 saturated heterocycles. The highest BCUT2D eigenvalue weighted by atomic mass is 16.5. The minimum absolute atomic E-state index is 0.106. The highest BCUT2D eigenvalue weighted by molar-refractivity contribution is 5.94. The van der Waals surface area contributed by atoms with Gasteiger partial charge in [0, 0.05) is 18.8 Å². The van der Waals surface area contributed by atoms with E-state index in [0.717, 1.165) is 12.8 Å². The summed E-state index contributed by atoms with van der Waals surface area (Å²) in [7, 11) is 0. The number of nitriles is 1. The quantitative estimate of drug-likeness (QED) is 0.808. The SMILES string of the molecule is C=CC(=O)N1CCCC(C(=O)Nc2ccc(Oc3ccccc3C#N)cc2)C1. The lowest BCUT2D eigenvalue weighted by molar-refractivity contribution is -0.130. The van der Waals surface area contributed by atoms with Gasteiger partial charge in [0.2, 0.25) is 11.8 Å². The molecule has 0 radical (unpaired) electrons. The Balaban J connectivity index is 1.61. The lowest BCUT2D eigenvalue weighted by atomic mass is 9.97. The van der Waals surface area contributed by atoms with Crippen molar-refractivity contribution in [1.29, 1.82) is 5.26 Å². The fourth-order valence-electron chi connectivity index (χ4n) is 3.15. The molecule has 28 heavy (non-hydrogen) atoms. The van der Waals surface area contributed by atoms with Gasteiger partial charge in [0.1, 0.15) is 17.6 Å². The molecule has 1 aliphatic heterocycles. The Labute approximate surface area is 164 Å². The van der Waals surface area contributed by atoms with E-state index >= 15 is 0 Å². The Hall–Kier alpha value is -3.59. The van der Waals surface area contributed by atoms with E-state index in [2.05, 4.69) is 18.0 Å². The predicted octanol–water partition coefficient (Wildman–Crippen LogP) is 3.71. The van der Waals surface area contributed by atoms with Crippen LogP contribution in [-0.2, 0) is 9.59 Å². The van der Waals surface area contributed by atoms with Crippen LogP contribution in [0.4, 0.5) is 5.69 Å². The summed E-state index contributed by atoms with van der Waals surface area (Å²) in [6, 6.07) is 16.0. The van der Waals surface area contributed by atoms with Gasteiger partial charge in [-0.1, -0.05) is 18.7 Å². The van der Waals surface area contributed by atoms with Crippen LogP contribution in [0.3, 0.4) is 0 Å². The third kappa shape index (κ3) is 4.57. The second-order valence-corrected chi connectivity index (χ2v) is 6.55. The molecule has 6 heteroatoms. The van der Waals surface area contributed by atoms with Crippen LogP contribution in [0.5, 0.6) is 11.5 Å². The van der Waals surface area contributed by atoms with Crippen LogP contribution in [0.15, 0.2) is 61.2 Å². The van der Waals surface area contributed by atoms with Crippen molar-refractivity contribution >= 4 is 17.5 Å². The summed E-state index contributed by atoms with van der Waals surface area (Å²) in [5, 5.41) is 12.0. The maximum atomic E-state index is 12.5. The van der Waals surface area contributed by atoms with Gasteiger partial charge in [-0.25, -0.2) is 0 Å². The molecule has 1 N–H and O–H groups in total. The Morgan fingerprint density at radius 2 is 1.96 bits per heavy atom. The Morgan fingerprint density at radius 3 is 2.68 bits per heavy atom. The average molecular weight is 375 g/mol. The van der Waals surface area contributed by atoms with Crippen LogP contribution in [0, 0.1) is 17.2 Å². The molecule has 6 nitrogen and oxygen atoms in total. The van der Waals surface area contributed by atoms with Crippen LogP contribution in [0.25, 0.3) is 0 Å². The van der Waals surface area contributed by atoms with Crippen LogP contribution < -0.4 is 10.1 Å². The van der Waals surface area contributed by atoms with E-state index < -0.39 is 0 Å². The van der Waals surface area contributed by atoms with Crippen LogP contribution in [0.1, 0.15) is 18.4 Å². The number of para-hydroxylation sites is 1. The summed E-state index contributed by atoms with van der Waals surface area (Å²) >= 11 is 0. The number of ether oxygens (including phenoxy) is 1. The van der Waals surface area contributed by atoms with Crippen molar-refractivity contribution in [3.05, 3.63) is 66.7 Å². The molecule has 1 atom stereocenters. The van der Waals surface area contributed by atoms with E-state index in [1.165, 1.54) is 6.08 Å². The zero-order chi connectivity index (χ0) is 19.9. The van der Waals surface area contributed by atoms with Gasteiger partial charge >= 0.3 is 0 Å². The minimum atomic E-state index is -0.240. The number of amides is 2. The first-order valence-electron chi connectivity index (χ1n) is 9.10. The number of nitrogens with one attached hydrogen (secondary N) is 1. The number of rotatable bonds is 5. The highest BCUT2D eigenvalue weighted by Crippen LogP contribution is 2.26. The monoisotopic (exact) mass is 375 g/mol.